The summed E-state index contributed by atoms with van der Waals surface area (Å²) in [4.78, 5) is 11.4. The molecule has 0 aliphatic heterocycles. The normalized spacial score (nSPS) is 16.4. The first-order valence-corrected chi connectivity index (χ1v) is 10.1. The summed E-state index contributed by atoms with van der Waals surface area (Å²) in [6.45, 7) is -0.00126. The largest absolute Gasteiger partial charge is 0.416 e. The van der Waals surface area contributed by atoms with Crippen molar-refractivity contribution >= 4 is 15.9 Å². The van der Waals surface area contributed by atoms with Crippen LogP contribution in [0.4, 0.5) is 13.2 Å². The van der Waals surface area contributed by atoms with Gasteiger partial charge in [0.25, 0.3) is 0 Å². The third kappa shape index (κ3) is 6.28. The van der Waals surface area contributed by atoms with E-state index >= 15 is 0 Å². The lowest BCUT2D eigenvalue weighted by atomic mass is 9.87. The summed E-state index contributed by atoms with van der Waals surface area (Å²) < 4.78 is 64.4. The van der Waals surface area contributed by atoms with Crippen LogP contribution in [0.1, 0.15) is 44.1 Å². The van der Waals surface area contributed by atoms with Crippen LogP contribution in [0.3, 0.4) is 0 Å². The molecule has 0 spiro atoms. The second-order valence-electron chi connectivity index (χ2n) is 6.48. The highest BCUT2D eigenvalue weighted by Crippen LogP contribution is 2.30. The van der Waals surface area contributed by atoms with Crippen LogP contribution in [0.2, 0.25) is 0 Å². The van der Waals surface area contributed by atoms with E-state index in [0.29, 0.717) is 18.4 Å². The second-order valence-corrected chi connectivity index (χ2v) is 8.25. The molecule has 2 N–H and O–H groups in total. The first kappa shape index (κ1) is 20.7. The Kier molecular flexibility index (Phi) is 7.05. The molecule has 0 heterocycles. The van der Waals surface area contributed by atoms with Crippen molar-refractivity contribution in [1.82, 2.24) is 10.0 Å². The minimum absolute atomic E-state index is 0.0870. The number of alkyl halides is 3. The Balaban J connectivity index is 1.80. The number of halogens is 3. The van der Waals surface area contributed by atoms with E-state index in [1.54, 1.807) is 0 Å². The number of nitrogens with one attached hydrogen (secondary N) is 2. The number of carbonyl (C=O) groups is 1. The molecule has 0 radical (unpaired) electrons. The first-order chi connectivity index (χ1) is 12.2. The van der Waals surface area contributed by atoms with E-state index in [4.69, 9.17) is 0 Å². The van der Waals surface area contributed by atoms with Gasteiger partial charge in [0.05, 0.1) is 10.5 Å². The summed E-state index contributed by atoms with van der Waals surface area (Å²) in [6, 6.07) is 3.54. The Hall–Kier alpha value is -1.61. The zero-order chi connectivity index (χ0) is 19.2. The van der Waals surface area contributed by atoms with Crippen molar-refractivity contribution in [3.05, 3.63) is 29.8 Å². The number of benzene rings is 1. The van der Waals surface area contributed by atoms with Gasteiger partial charge in [0.15, 0.2) is 0 Å². The van der Waals surface area contributed by atoms with Crippen LogP contribution in [0.15, 0.2) is 29.2 Å². The number of amides is 1. The lowest BCUT2D eigenvalue weighted by Crippen LogP contribution is -2.35. The van der Waals surface area contributed by atoms with E-state index in [0.717, 1.165) is 43.9 Å². The summed E-state index contributed by atoms with van der Waals surface area (Å²) in [5.74, 6) is 0.251. The van der Waals surface area contributed by atoms with E-state index in [2.05, 4.69) is 10.0 Å². The predicted molar refractivity (Wildman–Crippen MR) is 90.8 cm³/mol. The minimum Gasteiger partial charge on any atom is -0.355 e. The number of sulfonamides is 1. The van der Waals surface area contributed by atoms with Gasteiger partial charge in [-0.25, -0.2) is 13.1 Å². The Morgan fingerprint density at radius 3 is 2.46 bits per heavy atom. The summed E-state index contributed by atoms with van der Waals surface area (Å²) >= 11 is 0. The highest BCUT2D eigenvalue weighted by Gasteiger charge is 2.31. The quantitative estimate of drug-likeness (QED) is 0.701. The summed E-state index contributed by atoms with van der Waals surface area (Å²) in [7, 11) is -4.07. The molecule has 2 rings (SSSR count). The van der Waals surface area contributed by atoms with E-state index in [9.17, 15) is 26.4 Å². The smallest absolute Gasteiger partial charge is 0.355 e. The minimum atomic E-state index is -4.61. The molecular formula is C17H23F3N2O3S. The van der Waals surface area contributed by atoms with Crippen LogP contribution in [-0.2, 0) is 21.0 Å². The van der Waals surface area contributed by atoms with Gasteiger partial charge in [-0.3, -0.25) is 4.79 Å². The maximum absolute atomic E-state index is 12.7. The molecule has 146 valence electrons. The van der Waals surface area contributed by atoms with E-state index in [1.165, 1.54) is 6.42 Å². The molecule has 0 saturated heterocycles. The maximum Gasteiger partial charge on any atom is 0.416 e. The number of rotatable bonds is 7. The molecule has 0 unspecified atom stereocenters. The van der Waals surface area contributed by atoms with Crippen molar-refractivity contribution in [2.24, 2.45) is 5.92 Å². The van der Waals surface area contributed by atoms with E-state index in [-0.39, 0.29) is 19.0 Å². The second kappa shape index (κ2) is 8.85. The van der Waals surface area contributed by atoms with E-state index in [1.807, 2.05) is 0 Å². The van der Waals surface area contributed by atoms with Crippen LogP contribution < -0.4 is 10.0 Å². The van der Waals surface area contributed by atoms with Gasteiger partial charge < -0.3 is 5.32 Å². The Morgan fingerprint density at radius 1 is 1.12 bits per heavy atom. The van der Waals surface area contributed by atoms with Gasteiger partial charge in [-0.1, -0.05) is 25.3 Å². The van der Waals surface area contributed by atoms with Crippen LogP contribution in [-0.4, -0.2) is 27.4 Å². The Morgan fingerprint density at radius 2 is 1.81 bits per heavy atom. The lowest BCUT2D eigenvalue weighted by Gasteiger charge is -2.20. The molecule has 1 aliphatic carbocycles. The zero-order valence-corrected chi connectivity index (χ0v) is 15.1. The van der Waals surface area contributed by atoms with Crippen molar-refractivity contribution in [2.75, 3.05) is 13.1 Å². The number of hydrogen-bond donors (Lipinski definition) is 2. The van der Waals surface area contributed by atoms with Crippen LogP contribution >= 0.6 is 0 Å². The summed E-state index contributed by atoms with van der Waals surface area (Å²) in [5, 5.41) is 2.64. The van der Waals surface area contributed by atoms with Gasteiger partial charge in [0.1, 0.15) is 0 Å². The summed E-state index contributed by atoms with van der Waals surface area (Å²) in [6.07, 6.45) is 1.36. The molecule has 26 heavy (non-hydrogen) atoms. The standard InChI is InChI=1S/C17H23F3N2O3S/c18-17(19,20)14-7-4-8-15(12-14)26(24,25)22-10-9-21-16(23)11-13-5-2-1-3-6-13/h4,7-8,12-13,22H,1-3,5-6,9-11H2,(H,21,23). The lowest BCUT2D eigenvalue weighted by molar-refractivity contribution is -0.137. The van der Waals surface area contributed by atoms with E-state index < -0.39 is 26.7 Å². The third-order valence-electron chi connectivity index (χ3n) is 4.41. The summed E-state index contributed by atoms with van der Waals surface area (Å²) in [5.41, 5.74) is -1.03. The first-order valence-electron chi connectivity index (χ1n) is 8.62. The average molecular weight is 392 g/mol. The van der Waals surface area contributed by atoms with Crippen LogP contribution in [0.5, 0.6) is 0 Å². The van der Waals surface area contributed by atoms with Gasteiger partial charge in [0, 0.05) is 19.5 Å². The highest BCUT2D eigenvalue weighted by molar-refractivity contribution is 7.89. The molecule has 1 amide bonds. The molecule has 5 nitrogen and oxygen atoms in total. The Labute approximate surface area is 151 Å². The molecule has 1 aliphatic rings. The molecule has 0 bridgehead atoms. The van der Waals surface area contributed by atoms with Crippen LogP contribution in [0.25, 0.3) is 0 Å². The highest BCUT2D eigenvalue weighted by atomic mass is 32.2. The maximum atomic E-state index is 12.7. The molecular weight excluding hydrogens is 369 g/mol. The molecule has 1 aromatic carbocycles. The number of hydrogen-bond acceptors (Lipinski definition) is 3. The fraction of sp³-hybridized carbons (Fsp3) is 0.588. The van der Waals surface area contributed by atoms with Crippen molar-refractivity contribution in [3.63, 3.8) is 0 Å². The molecule has 1 saturated carbocycles. The predicted octanol–water partition coefficient (Wildman–Crippen LogP) is 3.07. The zero-order valence-electron chi connectivity index (χ0n) is 14.3. The third-order valence-corrected chi connectivity index (χ3v) is 5.87. The molecule has 1 fully saturated rings. The van der Waals surface area contributed by atoms with Crippen molar-refractivity contribution in [1.29, 1.82) is 0 Å². The van der Waals surface area contributed by atoms with Gasteiger partial charge in [0.2, 0.25) is 15.9 Å². The van der Waals surface area contributed by atoms with Crippen molar-refractivity contribution in [3.8, 4) is 0 Å². The molecule has 1 aromatic rings. The Bertz CT molecular complexity index is 714. The van der Waals surface area contributed by atoms with Crippen molar-refractivity contribution < 1.29 is 26.4 Å². The monoisotopic (exact) mass is 392 g/mol. The topological polar surface area (TPSA) is 75.3 Å². The molecule has 0 atom stereocenters. The van der Waals surface area contributed by atoms with Gasteiger partial charge in [-0.15, -0.1) is 0 Å². The van der Waals surface area contributed by atoms with Gasteiger partial charge >= 0.3 is 6.18 Å². The average Bonchev–Trinajstić information content (AvgIpc) is 2.59. The van der Waals surface area contributed by atoms with Gasteiger partial charge in [-0.2, -0.15) is 13.2 Å². The van der Waals surface area contributed by atoms with Crippen LogP contribution in [0, 0.1) is 5.92 Å². The number of carbonyl (C=O) groups excluding carboxylic acids is 1. The SMILES string of the molecule is O=C(CC1CCCCC1)NCCNS(=O)(=O)c1cccc(C(F)(F)F)c1. The molecule has 0 aromatic heterocycles. The fourth-order valence-electron chi connectivity index (χ4n) is 3.04. The fourth-order valence-corrected chi connectivity index (χ4v) is 4.11. The molecule has 9 heteroatoms. The van der Waals surface area contributed by atoms with Crippen molar-refractivity contribution in [2.45, 2.75) is 49.6 Å². The van der Waals surface area contributed by atoms with Gasteiger partial charge in [-0.05, 0) is 37.0 Å².